The minimum Gasteiger partial charge on any atom is -0.481 e. The predicted molar refractivity (Wildman–Crippen MR) is 99.0 cm³/mol. The maximum atomic E-state index is 5.31. The van der Waals surface area contributed by atoms with Crippen molar-refractivity contribution in [1.29, 1.82) is 0 Å². The number of hydrogen-bond acceptors (Lipinski definition) is 4. The Morgan fingerprint density at radius 1 is 1.35 bits per heavy atom. The summed E-state index contributed by atoms with van der Waals surface area (Å²) < 4.78 is 5.03. The van der Waals surface area contributed by atoms with Gasteiger partial charge in [0.15, 0.2) is 5.11 Å². The van der Waals surface area contributed by atoms with E-state index in [1.54, 1.807) is 13.3 Å². The van der Waals surface area contributed by atoms with Gasteiger partial charge in [0.2, 0.25) is 5.88 Å². The maximum absolute atomic E-state index is 5.31. The monoisotopic (exact) mass is 336 g/mol. The van der Waals surface area contributed by atoms with Crippen LogP contribution in [0.2, 0.25) is 0 Å². The molecule has 1 fully saturated rings. The zero-order valence-corrected chi connectivity index (χ0v) is 15.2. The van der Waals surface area contributed by atoms with Gasteiger partial charge in [0.1, 0.15) is 0 Å². The largest absolute Gasteiger partial charge is 0.481 e. The van der Waals surface area contributed by atoms with Gasteiger partial charge in [0.25, 0.3) is 0 Å². The van der Waals surface area contributed by atoms with Gasteiger partial charge in [-0.1, -0.05) is 13.8 Å². The van der Waals surface area contributed by atoms with Crippen LogP contribution in [-0.2, 0) is 0 Å². The van der Waals surface area contributed by atoms with E-state index in [4.69, 9.17) is 17.0 Å². The fraction of sp³-hybridized carbons (Fsp3) is 0.647. The lowest BCUT2D eigenvalue weighted by Crippen LogP contribution is -2.40. The molecule has 1 saturated heterocycles. The Labute approximate surface area is 144 Å². The molecule has 1 aromatic rings. The highest BCUT2D eigenvalue weighted by molar-refractivity contribution is 7.80. The number of likely N-dealkylation sites (tertiary alicyclic amines) is 1. The lowest BCUT2D eigenvalue weighted by atomic mass is 9.92. The number of thiocarbonyl (C=S) groups is 1. The number of methoxy groups -OCH3 is 1. The molecule has 2 heterocycles. The van der Waals surface area contributed by atoms with Crippen molar-refractivity contribution in [2.24, 2.45) is 11.8 Å². The molecule has 1 aromatic heterocycles. The lowest BCUT2D eigenvalue weighted by Gasteiger charge is -2.34. The van der Waals surface area contributed by atoms with Crippen LogP contribution >= 0.6 is 12.2 Å². The molecule has 0 amide bonds. The average molecular weight is 337 g/mol. The molecule has 1 aliphatic heterocycles. The van der Waals surface area contributed by atoms with E-state index >= 15 is 0 Å². The van der Waals surface area contributed by atoms with E-state index < -0.39 is 0 Å². The Morgan fingerprint density at radius 3 is 2.70 bits per heavy atom. The molecule has 2 N–H and O–H groups in total. The van der Waals surface area contributed by atoms with Gasteiger partial charge in [-0.25, -0.2) is 4.98 Å². The third-order valence-corrected chi connectivity index (χ3v) is 4.33. The molecule has 128 valence electrons. The molecule has 0 bridgehead atoms. The Bertz CT molecular complexity index is 484. The van der Waals surface area contributed by atoms with Crippen LogP contribution in [0.3, 0.4) is 0 Å². The molecular formula is C17H28N4OS. The molecule has 0 unspecified atom stereocenters. The summed E-state index contributed by atoms with van der Waals surface area (Å²) in [6.07, 6.45) is 4.17. The van der Waals surface area contributed by atoms with E-state index in [9.17, 15) is 0 Å². The van der Waals surface area contributed by atoms with Crippen LogP contribution in [0.25, 0.3) is 0 Å². The average Bonchev–Trinajstić information content (AvgIpc) is 2.51. The highest BCUT2D eigenvalue weighted by Gasteiger charge is 2.20. The van der Waals surface area contributed by atoms with Crippen LogP contribution in [0.1, 0.15) is 26.7 Å². The SMILES string of the molecule is COc1ccc(NC(=S)NCCCN2C[C@H](C)C[C@@H](C)C2)cn1. The van der Waals surface area contributed by atoms with Crippen LogP contribution in [-0.4, -0.2) is 48.3 Å². The number of hydrogen-bond donors (Lipinski definition) is 2. The van der Waals surface area contributed by atoms with Crippen molar-refractivity contribution in [2.75, 3.05) is 38.6 Å². The van der Waals surface area contributed by atoms with Gasteiger partial charge >= 0.3 is 0 Å². The summed E-state index contributed by atoms with van der Waals surface area (Å²) in [6, 6.07) is 3.71. The molecule has 5 nitrogen and oxygen atoms in total. The van der Waals surface area contributed by atoms with Crippen LogP contribution in [0.15, 0.2) is 18.3 Å². The molecule has 23 heavy (non-hydrogen) atoms. The number of rotatable bonds is 6. The summed E-state index contributed by atoms with van der Waals surface area (Å²) in [5.41, 5.74) is 0.863. The standard InChI is InChI=1S/C17H28N4OS/c1-13-9-14(2)12-21(11-13)8-4-7-18-17(23)20-15-5-6-16(22-3)19-10-15/h5-6,10,13-14H,4,7-9,11-12H2,1-3H3,(H2,18,20,23)/t13-,14-/m1/s1. The van der Waals surface area contributed by atoms with E-state index in [0.717, 1.165) is 37.0 Å². The van der Waals surface area contributed by atoms with E-state index in [-0.39, 0.29) is 0 Å². The van der Waals surface area contributed by atoms with Crippen molar-refractivity contribution in [3.63, 3.8) is 0 Å². The Kier molecular flexibility index (Phi) is 7.05. The molecule has 0 saturated carbocycles. The molecule has 2 atom stereocenters. The van der Waals surface area contributed by atoms with Gasteiger partial charge in [-0.05, 0) is 49.5 Å². The second-order valence-corrected chi connectivity index (χ2v) is 6.94. The molecular weight excluding hydrogens is 308 g/mol. The van der Waals surface area contributed by atoms with E-state index in [0.29, 0.717) is 11.0 Å². The minimum absolute atomic E-state index is 0.597. The quantitative estimate of drug-likeness (QED) is 0.615. The Balaban J connectivity index is 1.62. The van der Waals surface area contributed by atoms with Crippen LogP contribution in [0.4, 0.5) is 5.69 Å². The first kappa shape index (κ1) is 17.9. The van der Waals surface area contributed by atoms with Crippen molar-refractivity contribution in [3.05, 3.63) is 18.3 Å². The summed E-state index contributed by atoms with van der Waals surface area (Å²) in [5, 5.41) is 7.03. The highest BCUT2D eigenvalue weighted by Crippen LogP contribution is 2.20. The summed E-state index contributed by atoms with van der Waals surface area (Å²) >= 11 is 5.31. The predicted octanol–water partition coefficient (Wildman–Crippen LogP) is 2.74. The second-order valence-electron chi connectivity index (χ2n) is 6.53. The number of nitrogens with one attached hydrogen (secondary N) is 2. The Morgan fingerprint density at radius 2 is 2.09 bits per heavy atom. The van der Waals surface area contributed by atoms with Gasteiger partial charge in [-0.15, -0.1) is 0 Å². The zero-order chi connectivity index (χ0) is 16.7. The van der Waals surface area contributed by atoms with Gasteiger partial charge in [-0.2, -0.15) is 0 Å². The molecule has 0 aromatic carbocycles. The van der Waals surface area contributed by atoms with Crippen LogP contribution in [0, 0.1) is 11.8 Å². The molecule has 0 aliphatic carbocycles. The minimum atomic E-state index is 0.597. The number of piperidine rings is 1. The highest BCUT2D eigenvalue weighted by atomic mass is 32.1. The molecule has 2 rings (SSSR count). The summed E-state index contributed by atoms with van der Waals surface area (Å²) in [5.74, 6) is 2.23. The fourth-order valence-corrected chi connectivity index (χ4v) is 3.45. The fourth-order valence-electron chi connectivity index (χ4n) is 3.23. The third kappa shape index (κ3) is 6.31. The van der Waals surface area contributed by atoms with Crippen molar-refractivity contribution in [3.8, 4) is 5.88 Å². The smallest absolute Gasteiger partial charge is 0.213 e. The lowest BCUT2D eigenvalue weighted by molar-refractivity contribution is 0.140. The molecule has 0 radical (unpaired) electrons. The van der Waals surface area contributed by atoms with Crippen molar-refractivity contribution >= 4 is 23.0 Å². The zero-order valence-electron chi connectivity index (χ0n) is 14.3. The third-order valence-electron chi connectivity index (χ3n) is 4.08. The second kappa shape index (κ2) is 9.03. The van der Waals surface area contributed by atoms with Crippen LogP contribution < -0.4 is 15.4 Å². The van der Waals surface area contributed by atoms with Crippen LogP contribution in [0.5, 0.6) is 5.88 Å². The first-order valence-electron chi connectivity index (χ1n) is 8.34. The van der Waals surface area contributed by atoms with Crippen molar-refractivity contribution < 1.29 is 4.74 Å². The maximum Gasteiger partial charge on any atom is 0.213 e. The summed E-state index contributed by atoms with van der Waals surface area (Å²) in [4.78, 5) is 6.72. The first-order valence-corrected chi connectivity index (χ1v) is 8.75. The number of ether oxygens (including phenoxy) is 1. The number of anilines is 1. The first-order chi connectivity index (χ1) is 11.1. The summed E-state index contributed by atoms with van der Waals surface area (Å²) in [6.45, 7) is 9.17. The van der Waals surface area contributed by atoms with E-state index in [2.05, 4.69) is 34.4 Å². The van der Waals surface area contributed by atoms with Gasteiger partial charge < -0.3 is 20.3 Å². The van der Waals surface area contributed by atoms with E-state index in [1.807, 2.05) is 12.1 Å². The van der Waals surface area contributed by atoms with Gasteiger partial charge in [-0.3, -0.25) is 0 Å². The van der Waals surface area contributed by atoms with Crippen molar-refractivity contribution in [2.45, 2.75) is 26.7 Å². The van der Waals surface area contributed by atoms with Crippen molar-refractivity contribution in [1.82, 2.24) is 15.2 Å². The number of nitrogens with zero attached hydrogens (tertiary/aromatic N) is 2. The van der Waals surface area contributed by atoms with Gasteiger partial charge in [0, 0.05) is 25.7 Å². The summed E-state index contributed by atoms with van der Waals surface area (Å²) in [7, 11) is 1.60. The number of aromatic nitrogens is 1. The Hall–Kier alpha value is -1.40. The topological polar surface area (TPSA) is 49.4 Å². The number of pyridine rings is 1. The van der Waals surface area contributed by atoms with E-state index in [1.165, 1.54) is 19.5 Å². The molecule has 1 aliphatic rings. The molecule has 6 heteroatoms. The normalized spacial score (nSPS) is 21.7. The van der Waals surface area contributed by atoms with Gasteiger partial charge in [0.05, 0.1) is 19.0 Å². The molecule has 0 spiro atoms.